The van der Waals surface area contributed by atoms with Crippen LogP contribution in [0.4, 0.5) is 5.69 Å². The van der Waals surface area contributed by atoms with E-state index in [-0.39, 0.29) is 25.3 Å². The SMILES string of the molecule is CCOC(=O)C1=NNC[C@]12CC(=O)N(c1cccc(OC)c1)C2=O. The topological polar surface area (TPSA) is 97.3 Å². The summed E-state index contributed by atoms with van der Waals surface area (Å²) in [5.41, 5.74) is 1.69. The monoisotopic (exact) mass is 331 g/mol. The van der Waals surface area contributed by atoms with Crippen LogP contribution in [0, 0.1) is 5.41 Å². The second-order valence-corrected chi connectivity index (χ2v) is 5.51. The number of nitrogens with one attached hydrogen (secondary N) is 1. The summed E-state index contributed by atoms with van der Waals surface area (Å²) in [6.45, 7) is 1.92. The van der Waals surface area contributed by atoms with Crippen LogP contribution in [-0.2, 0) is 19.1 Å². The van der Waals surface area contributed by atoms with Crippen LogP contribution in [0.5, 0.6) is 5.75 Å². The molecular weight excluding hydrogens is 314 g/mol. The molecule has 2 heterocycles. The maximum atomic E-state index is 13.0. The predicted molar refractivity (Wildman–Crippen MR) is 84.6 cm³/mol. The van der Waals surface area contributed by atoms with Gasteiger partial charge < -0.3 is 14.9 Å². The fourth-order valence-electron chi connectivity index (χ4n) is 2.96. The Balaban J connectivity index is 1.97. The van der Waals surface area contributed by atoms with Crippen molar-refractivity contribution in [2.45, 2.75) is 13.3 Å². The van der Waals surface area contributed by atoms with E-state index >= 15 is 0 Å². The highest BCUT2D eigenvalue weighted by molar-refractivity contribution is 6.47. The summed E-state index contributed by atoms with van der Waals surface area (Å²) >= 11 is 0. The van der Waals surface area contributed by atoms with Gasteiger partial charge in [-0.3, -0.25) is 9.59 Å². The lowest BCUT2D eigenvalue weighted by Gasteiger charge is -2.21. The number of esters is 1. The molecule has 2 aliphatic heterocycles. The molecule has 2 aliphatic rings. The minimum Gasteiger partial charge on any atom is -0.497 e. The molecule has 3 rings (SSSR count). The van der Waals surface area contributed by atoms with Crippen LogP contribution in [0.3, 0.4) is 0 Å². The van der Waals surface area contributed by atoms with E-state index in [0.717, 1.165) is 4.90 Å². The zero-order chi connectivity index (χ0) is 17.3. The lowest BCUT2D eigenvalue weighted by molar-refractivity contribution is -0.136. The summed E-state index contributed by atoms with van der Waals surface area (Å²) in [4.78, 5) is 38.7. The molecule has 1 saturated heterocycles. The first-order valence-electron chi connectivity index (χ1n) is 7.53. The van der Waals surface area contributed by atoms with Crippen molar-refractivity contribution in [2.24, 2.45) is 10.5 Å². The van der Waals surface area contributed by atoms with Crippen molar-refractivity contribution in [3.63, 3.8) is 0 Å². The van der Waals surface area contributed by atoms with Gasteiger partial charge in [-0.2, -0.15) is 5.10 Å². The smallest absolute Gasteiger partial charge is 0.355 e. The minimum atomic E-state index is -1.31. The number of amides is 2. The molecule has 126 valence electrons. The predicted octanol–water partition coefficient (Wildman–Crippen LogP) is 0.467. The summed E-state index contributed by atoms with van der Waals surface area (Å²) in [5, 5.41) is 3.90. The summed E-state index contributed by atoms with van der Waals surface area (Å²) in [5.74, 6) is -1.04. The van der Waals surface area contributed by atoms with Crippen molar-refractivity contribution < 1.29 is 23.9 Å². The highest BCUT2D eigenvalue weighted by Crippen LogP contribution is 2.39. The van der Waals surface area contributed by atoms with Gasteiger partial charge in [0.15, 0.2) is 5.71 Å². The zero-order valence-electron chi connectivity index (χ0n) is 13.4. The molecule has 1 fully saturated rings. The summed E-state index contributed by atoms with van der Waals surface area (Å²) in [7, 11) is 1.50. The molecule has 1 N–H and O–H groups in total. The summed E-state index contributed by atoms with van der Waals surface area (Å²) in [6, 6.07) is 6.64. The molecule has 0 unspecified atom stereocenters. The molecule has 1 aromatic rings. The zero-order valence-corrected chi connectivity index (χ0v) is 13.4. The van der Waals surface area contributed by atoms with Crippen LogP contribution in [0.1, 0.15) is 13.3 Å². The van der Waals surface area contributed by atoms with Crippen molar-refractivity contribution in [3.05, 3.63) is 24.3 Å². The van der Waals surface area contributed by atoms with E-state index in [0.29, 0.717) is 11.4 Å². The Morgan fingerprint density at radius 1 is 1.42 bits per heavy atom. The highest BCUT2D eigenvalue weighted by atomic mass is 16.5. The average Bonchev–Trinajstić information content (AvgIpc) is 3.10. The van der Waals surface area contributed by atoms with E-state index in [9.17, 15) is 14.4 Å². The molecule has 0 aliphatic carbocycles. The van der Waals surface area contributed by atoms with E-state index in [1.165, 1.54) is 7.11 Å². The lowest BCUT2D eigenvalue weighted by Crippen LogP contribution is -2.45. The highest BCUT2D eigenvalue weighted by Gasteiger charge is 2.59. The summed E-state index contributed by atoms with van der Waals surface area (Å²) in [6.07, 6.45) is -0.131. The lowest BCUT2D eigenvalue weighted by atomic mass is 9.81. The van der Waals surface area contributed by atoms with Crippen LogP contribution >= 0.6 is 0 Å². The van der Waals surface area contributed by atoms with Gasteiger partial charge in [0.25, 0.3) is 0 Å². The molecule has 0 aromatic heterocycles. The number of anilines is 1. The van der Waals surface area contributed by atoms with Gasteiger partial charge in [0.2, 0.25) is 11.8 Å². The Bertz CT molecular complexity index is 745. The number of carbonyl (C=O) groups is 3. The average molecular weight is 331 g/mol. The Hall–Kier alpha value is -2.90. The van der Waals surface area contributed by atoms with Crippen molar-refractivity contribution in [2.75, 3.05) is 25.2 Å². The maximum Gasteiger partial charge on any atom is 0.355 e. The third-order valence-electron chi connectivity index (χ3n) is 4.12. The Kier molecular flexibility index (Phi) is 3.96. The van der Waals surface area contributed by atoms with Gasteiger partial charge in [0.05, 0.1) is 25.9 Å². The fraction of sp³-hybridized carbons (Fsp3) is 0.375. The van der Waals surface area contributed by atoms with Gasteiger partial charge in [0.1, 0.15) is 11.2 Å². The molecular formula is C16H17N3O5. The van der Waals surface area contributed by atoms with Crippen molar-refractivity contribution >= 4 is 29.2 Å². The number of hydrogen-bond acceptors (Lipinski definition) is 7. The number of rotatable bonds is 4. The van der Waals surface area contributed by atoms with E-state index in [1.807, 2.05) is 0 Å². The van der Waals surface area contributed by atoms with Crippen LogP contribution in [0.25, 0.3) is 0 Å². The Morgan fingerprint density at radius 2 is 2.21 bits per heavy atom. The number of benzene rings is 1. The second-order valence-electron chi connectivity index (χ2n) is 5.51. The Morgan fingerprint density at radius 3 is 2.92 bits per heavy atom. The largest absolute Gasteiger partial charge is 0.497 e. The van der Waals surface area contributed by atoms with Gasteiger partial charge in [-0.25, -0.2) is 9.69 Å². The molecule has 1 aromatic carbocycles. The minimum absolute atomic E-state index is 0.0481. The van der Waals surface area contributed by atoms with Gasteiger partial charge in [0, 0.05) is 12.5 Å². The first-order chi connectivity index (χ1) is 11.5. The van der Waals surface area contributed by atoms with Crippen molar-refractivity contribution in [3.8, 4) is 5.75 Å². The van der Waals surface area contributed by atoms with E-state index in [4.69, 9.17) is 9.47 Å². The van der Waals surface area contributed by atoms with E-state index < -0.39 is 23.2 Å². The third-order valence-corrected chi connectivity index (χ3v) is 4.12. The van der Waals surface area contributed by atoms with Crippen LogP contribution in [0.2, 0.25) is 0 Å². The number of methoxy groups -OCH3 is 1. The van der Waals surface area contributed by atoms with Gasteiger partial charge in [-0.1, -0.05) is 6.07 Å². The van der Waals surface area contributed by atoms with Gasteiger partial charge >= 0.3 is 5.97 Å². The van der Waals surface area contributed by atoms with Crippen LogP contribution < -0.4 is 15.1 Å². The first-order valence-corrected chi connectivity index (χ1v) is 7.53. The molecule has 8 heteroatoms. The number of nitrogens with zero attached hydrogens (tertiary/aromatic N) is 2. The molecule has 2 amide bonds. The molecule has 1 spiro atoms. The summed E-state index contributed by atoms with van der Waals surface area (Å²) < 4.78 is 10.1. The molecule has 8 nitrogen and oxygen atoms in total. The number of hydrogen-bond donors (Lipinski definition) is 1. The van der Waals surface area contributed by atoms with Gasteiger partial charge in [-0.05, 0) is 19.1 Å². The molecule has 0 bridgehead atoms. The molecule has 24 heavy (non-hydrogen) atoms. The van der Waals surface area contributed by atoms with Crippen LogP contribution in [-0.4, -0.2) is 43.8 Å². The van der Waals surface area contributed by atoms with Crippen molar-refractivity contribution in [1.29, 1.82) is 0 Å². The molecule has 0 radical (unpaired) electrons. The van der Waals surface area contributed by atoms with E-state index in [1.54, 1.807) is 31.2 Å². The first kappa shape index (κ1) is 16.0. The molecule has 0 saturated carbocycles. The van der Waals surface area contributed by atoms with Gasteiger partial charge in [-0.15, -0.1) is 0 Å². The van der Waals surface area contributed by atoms with Crippen molar-refractivity contribution in [1.82, 2.24) is 5.43 Å². The normalized spacial score (nSPS) is 22.6. The molecule has 1 atom stereocenters. The number of hydrazone groups is 1. The quantitative estimate of drug-likeness (QED) is 0.636. The second kappa shape index (κ2) is 5.95. The fourth-order valence-corrected chi connectivity index (χ4v) is 2.96. The number of carbonyl (C=O) groups excluding carboxylic acids is 3. The number of ether oxygens (including phenoxy) is 2. The van der Waals surface area contributed by atoms with E-state index in [2.05, 4.69) is 10.5 Å². The maximum absolute atomic E-state index is 13.0. The Labute approximate surface area is 138 Å². The standard InChI is InChI=1S/C16H17N3O5/c1-3-24-14(21)13-16(9-17-18-13)8-12(20)19(15(16)22)10-5-4-6-11(7-10)23-2/h4-7,17H,3,8-9H2,1-2H3/t16-/m1/s1. The third kappa shape index (κ3) is 2.31. The van der Waals surface area contributed by atoms with Crippen LogP contribution in [0.15, 0.2) is 29.4 Å². The number of imide groups is 1.